The summed E-state index contributed by atoms with van der Waals surface area (Å²) in [7, 11) is 0. The molecular weight excluding hydrogens is 497 g/mol. The first-order chi connectivity index (χ1) is 19.0. The third kappa shape index (κ3) is 4.93. The highest BCUT2D eigenvalue weighted by Crippen LogP contribution is 2.31. The average molecular weight is 530 g/mol. The van der Waals surface area contributed by atoms with E-state index in [-0.39, 0.29) is 23.1 Å². The number of ether oxygens (including phenoxy) is 1. The van der Waals surface area contributed by atoms with E-state index in [4.69, 9.17) is 10.5 Å². The van der Waals surface area contributed by atoms with E-state index in [9.17, 15) is 14.0 Å². The van der Waals surface area contributed by atoms with Crippen LogP contribution in [-0.2, 0) is 11.3 Å². The lowest BCUT2D eigenvalue weighted by atomic mass is 9.91. The van der Waals surface area contributed by atoms with Gasteiger partial charge in [-0.05, 0) is 54.5 Å². The van der Waals surface area contributed by atoms with Crippen molar-refractivity contribution in [3.8, 4) is 16.8 Å². The van der Waals surface area contributed by atoms with Crippen LogP contribution in [0.1, 0.15) is 37.3 Å². The minimum absolute atomic E-state index is 0.0569. The molecular formula is C30H32FN5O3. The predicted octanol–water partition coefficient (Wildman–Crippen LogP) is 3.63. The number of pyridine rings is 1. The largest absolute Gasteiger partial charge is 0.379 e. The van der Waals surface area contributed by atoms with E-state index >= 15 is 0 Å². The molecule has 9 heteroatoms. The molecule has 1 saturated carbocycles. The molecule has 202 valence electrons. The van der Waals surface area contributed by atoms with Gasteiger partial charge in [-0.25, -0.2) is 18.7 Å². The van der Waals surface area contributed by atoms with Crippen LogP contribution in [0.25, 0.3) is 27.8 Å². The number of nitrogens with zero attached hydrogens (tertiary/aromatic N) is 4. The second-order valence-corrected chi connectivity index (χ2v) is 10.4. The van der Waals surface area contributed by atoms with Gasteiger partial charge in [0.15, 0.2) is 5.65 Å². The summed E-state index contributed by atoms with van der Waals surface area (Å²) >= 11 is 0. The monoisotopic (exact) mass is 529 g/mol. The average Bonchev–Trinajstić information content (AvgIpc) is 2.96. The van der Waals surface area contributed by atoms with Crippen LogP contribution in [0.4, 0.5) is 4.39 Å². The highest BCUT2D eigenvalue weighted by atomic mass is 19.1. The SMILES string of the molecule is N[C@H]1CC[C@@H](n2c(=O)c3cc(F)cnc3n(-c3cccc(-c4ccccc4)c3CN3CCOCC3)c2=O)CC1. The van der Waals surface area contributed by atoms with Gasteiger partial charge in [-0.1, -0.05) is 42.5 Å². The van der Waals surface area contributed by atoms with Gasteiger partial charge in [0.05, 0.1) is 30.5 Å². The molecule has 39 heavy (non-hydrogen) atoms. The van der Waals surface area contributed by atoms with Gasteiger partial charge in [-0.2, -0.15) is 0 Å². The van der Waals surface area contributed by atoms with Crippen LogP contribution in [0.5, 0.6) is 0 Å². The van der Waals surface area contributed by atoms with Crippen molar-refractivity contribution in [3.05, 3.63) is 93.0 Å². The maximum atomic E-state index is 14.4. The first-order valence-electron chi connectivity index (χ1n) is 13.6. The maximum Gasteiger partial charge on any atom is 0.337 e. The molecule has 2 aromatic heterocycles. The molecule has 1 aliphatic heterocycles. The lowest BCUT2D eigenvalue weighted by Crippen LogP contribution is -2.44. The van der Waals surface area contributed by atoms with Gasteiger partial charge in [0.2, 0.25) is 0 Å². The van der Waals surface area contributed by atoms with Crippen molar-refractivity contribution < 1.29 is 9.13 Å². The van der Waals surface area contributed by atoms with Crippen LogP contribution in [0.15, 0.2) is 70.4 Å². The number of nitrogens with two attached hydrogens (primary N) is 1. The first-order valence-corrected chi connectivity index (χ1v) is 13.6. The highest BCUT2D eigenvalue weighted by Gasteiger charge is 2.27. The number of benzene rings is 2. The second-order valence-electron chi connectivity index (χ2n) is 10.4. The minimum atomic E-state index is -0.617. The van der Waals surface area contributed by atoms with Crippen LogP contribution in [0.3, 0.4) is 0 Å². The second kappa shape index (κ2) is 10.8. The van der Waals surface area contributed by atoms with Gasteiger partial charge in [0.25, 0.3) is 5.56 Å². The van der Waals surface area contributed by atoms with Crippen molar-refractivity contribution in [1.82, 2.24) is 19.0 Å². The summed E-state index contributed by atoms with van der Waals surface area (Å²) in [5, 5.41) is 0.0897. The Bertz CT molecular complexity index is 1600. The van der Waals surface area contributed by atoms with Crippen molar-refractivity contribution in [1.29, 1.82) is 0 Å². The summed E-state index contributed by atoms with van der Waals surface area (Å²) < 4.78 is 22.8. The summed E-state index contributed by atoms with van der Waals surface area (Å²) in [5.74, 6) is -0.617. The minimum Gasteiger partial charge on any atom is -0.379 e. The number of morpholine rings is 1. The number of hydrogen-bond acceptors (Lipinski definition) is 6. The third-order valence-electron chi connectivity index (χ3n) is 7.96. The van der Waals surface area contributed by atoms with E-state index < -0.39 is 17.1 Å². The fraction of sp³-hybridized carbons (Fsp3) is 0.367. The van der Waals surface area contributed by atoms with Crippen molar-refractivity contribution >= 4 is 11.0 Å². The van der Waals surface area contributed by atoms with E-state index in [1.807, 2.05) is 48.5 Å². The smallest absolute Gasteiger partial charge is 0.337 e. The number of fused-ring (bicyclic) bond motifs is 1. The summed E-state index contributed by atoms with van der Waals surface area (Å²) in [6, 6.07) is 16.8. The molecule has 0 spiro atoms. The van der Waals surface area contributed by atoms with Gasteiger partial charge in [0, 0.05) is 31.7 Å². The molecule has 2 aromatic carbocycles. The Hall–Kier alpha value is -3.66. The van der Waals surface area contributed by atoms with Gasteiger partial charge in [-0.3, -0.25) is 14.3 Å². The van der Waals surface area contributed by atoms with Crippen molar-refractivity contribution in [2.75, 3.05) is 26.3 Å². The Balaban J connectivity index is 1.62. The Morgan fingerprint density at radius 2 is 1.72 bits per heavy atom. The van der Waals surface area contributed by atoms with Crippen LogP contribution >= 0.6 is 0 Å². The molecule has 3 heterocycles. The Morgan fingerprint density at radius 3 is 2.46 bits per heavy atom. The highest BCUT2D eigenvalue weighted by molar-refractivity contribution is 5.78. The van der Waals surface area contributed by atoms with E-state index in [1.54, 1.807) is 0 Å². The van der Waals surface area contributed by atoms with Crippen molar-refractivity contribution in [2.24, 2.45) is 5.73 Å². The molecule has 0 amide bonds. The fourth-order valence-corrected chi connectivity index (χ4v) is 5.90. The van der Waals surface area contributed by atoms with Gasteiger partial charge >= 0.3 is 5.69 Å². The summed E-state index contributed by atoms with van der Waals surface area (Å²) in [6.07, 6.45) is 3.75. The lowest BCUT2D eigenvalue weighted by molar-refractivity contribution is 0.0342. The quantitative estimate of drug-likeness (QED) is 0.424. The number of hydrogen-bond donors (Lipinski definition) is 1. The van der Waals surface area contributed by atoms with Gasteiger partial charge < -0.3 is 10.5 Å². The molecule has 0 atom stereocenters. The van der Waals surface area contributed by atoms with Crippen molar-refractivity contribution in [2.45, 2.75) is 44.3 Å². The first kappa shape index (κ1) is 25.6. The molecule has 2 fully saturated rings. The molecule has 2 N–H and O–H groups in total. The lowest BCUT2D eigenvalue weighted by Gasteiger charge is -2.30. The van der Waals surface area contributed by atoms with Crippen LogP contribution in [-0.4, -0.2) is 51.4 Å². The molecule has 4 aromatic rings. The normalized spacial score (nSPS) is 20.4. The maximum absolute atomic E-state index is 14.4. The van der Waals surface area contributed by atoms with E-state index in [1.165, 1.54) is 15.2 Å². The van der Waals surface area contributed by atoms with Crippen LogP contribution in [0, 0.1) is 5.82 Å². The van der Waals surface area contributed by atoms with Crippen molar-refractivity contribution in [3.63, 3.8) is 0 Å². The standard InChI is InChI=1S/C30H32FN5O3/c31-21-17-25-28(33-18-21)36(30(38)35(29(25)37)23-11-9-22(32)10-12-23)27-8-4-7-24(20-5-2-1-3-6-20)26(27)19-34-13-15-39-16-14-34/h1-8,17-18,22-23H,9-16,19,32H2/t22-,23+. The molecule has 0 radical (unpaired) electrons. The van der Waals surface area contributed by atoms with Gasteiger partial charge in [0.1, 0.15) is 5.82 Å². The number of aromatic nitrogens is 3. The summed E-state index contributed by atoms with van der Waals surface area (Å²) in [4.78, 5) is 34.5. The number of halogens is 1. The van der Waals surface area contributed by atoms with Gasteiger partial charge in [-0.15, -0.1) is 0 Å². The van der Waals surface area contributed by atoms with E-state index in [0.29, 0.717) is 38.3 Å². The molecule has 8 nitrogen and oxygen atoms in total. The Kier molecular flexibility index (Phi) is 7.12. The third-order valence-corrected chi connectivity index (χ3v) is 7.96. The zero-order chi connectivity index (χ0) is 26.9. The predicted molar refractivity (Wildman–Crippen MR) is 149 cm³/mol. The van der Waals surface area contributed by atoms with E-state index in [0.717, 1.165) is 48.8 Å². The van der Waals surface area contributed by atoms with Crippen LogP contribution < -0.4 is 17.0 Å². The molecule has 2 aliphatic rings. The summed E-state index contributed by atoms with van der Waals surface area (Å²) in [5.41, 5.74) is 8.90. The molecule has 1 aliphatic carbocycles. The fourth-order valence-electron chi connectivity index (χ4n) is 5.90. The number of rotatable bonds is 5. The summed E-state index contributed by atoms with van der Waals surface area (Å²) in [6.45, 7) is 3.39. The Labute approximate surface area is 225 Å². The molecule has 0 unspecified atom stereocenters. The topological polar surface area (TPSA) is 95.4 Å². The zero-order valence-electron chi connectivity index (χ0n) is 21.8. The Morgan fingerprint density at radius 1 is 0.974 bits per heavy atom. The zero-order valence-corrected chi connectivity index (χ0v) is 21.8. The molecule has 1 saturated heterocycles. The van der Waals surface area contributed by atoms with Crippen LogP contribution in [0.2, 0.25) is 0 Å². The molecule has 0 bridgehead atoms. The molecule has 6 rings (SSSR count). The van der Waals surface area contributed by atoms with E-state index in [2.05, 4.69) is 9.88 Å².